The average molecular weight is 280 g/mol. The lowest BCUT2D eigenvalue weighted by Gasteiger charge is -2.19. The van der Waals surface area contributed by atoms with E-state index in [1.54, 1.807) is 6.66 Å². The molecule has 0 spiro atoms. The first kappa shape index (κ1) is 18.1. The van der Waals surface area contributed by atoms with Gasteiger partial charge < -0.3 is 14.0 Å². The standard InChI is InChI=1S/C13H29O4P/c1-5-8-9-11-17-18(4,14)12-10-13(15-6-2)16-7-3/h13H,5-12H2,1-4H3. The molecule has 0 radical (unpaired) electrons. The van der Waals surface area contributed by atoms with Gasteiger partial charge in [0.15, 0.2) is 13.7 Å². The fraction of sp³-hybridized carbons (Fsp3) is 1.00. The van der Waals surface area contributed by atoms with Crippen molar-refractivity contribution in [3.8, 4) is 0 Å². The van der Waals surface area contributed by atoms with Crippen molar-refractivity contribution in [3.63, 3.8) is 0 Å². The van der Waals surface area contributed by atoms with Crippen LogP contribution < -0.4 is 0 Å². The minimum absolute atomic E-state index is 0.257. The van der Waals surface area contributed by atoms with Gasteiger partial charge in [-0.05, 0) is 20.3 Å². The van der Waals surface area contributed by atoms with Crippen molar-refractivity contribution in [2.24, 2.45) is 0 Å². The fourth-order valence-corrected chi connectivity index (χ4v) is 2.92. The van der Waals surface area contributed by atoms with Gasteiger partial charge in [0.1, 0.15) is 0 Å². The van der Waals surface area contributed by atoms with Gasteiger partial charge in [0.2, 0.25) is 0 Å². The first-order valence-corrected chi connectivity index (χ1v) is 9.25. The third-order valence-electron chi connectivity index (χ3n) is 2.59. The second kappa shape index (κ2) is 11.0. The minimum atomic E-state index is -2.49. The van der Waals surface area contributed by atoms with Crippen molar-refractivity contribution in [1.29, 1.82) is 0 Å². The highest BCUT2D eigenvalue weighted by atomic mass is 31.2. The first-order valence-electron chi connectivity index (χ1n) is 7.00. The van der Waals surface area contributed by atoms with Crippen molar-refractivity contribution < 1.29 is 18.6 Å². The molecule has 0 aromatic rings. The average Bonchev–Trinajstić information content (AvgIpc) is 2.33. The van der Waals surface area contributed by atoms with E-state index in [1.807, 2.05) is 13.8 Å². The molecule has 0 fully saturated rings. The summed E-state index contributed by atoms with van der Waals surface area (Å²) in [5.74, 6) is 0. The normalized spacial score (nSPS) is 14.9. The van der Waals surface area contributed by atoms with Crippen LogP contribution in [0.15, 0.2) is 0 Å². The Bertz CT molecular complexity index is 227. The van der Waals surface area contributed by atoms with Crippen molar-refractivity contribution in [1.82, 2.24) is 0 Å². The molecule has 1 unspecified atom stereocenters. The molecular formula is C13H29O4P. The van der Waals surface area contributed by atoms with Crippen molar-refractivity contribution in [2.45, 2.75) is 52.7 Å². The zero-order chi connectivity index (χ0) is 13.9. The Morgan fingerprint density at radius 3 is 2.17 bits per heavy atom. The fourth-order valence-electron chi connectivity index (χ4n) is 1.60. The number of rotatable bonds is 12. The highest BCUT2D eigenvalue weighted by Crippen LogP contribution is 2.43. The number of hydrogen-bond donors (Lipinski definition) is 0. The molecule has 0 aromatic carbocycles. The van der Waals surface area contributed by atoms with E-state index in [0.717, 1.165) is 19.3 Å². The summed E-state index contributed by atoms with van der Waals surface area (Å²) in [5.41, 5.74) is 0. The molecule has 0 N–H and O–H groups in total. The summed E-state index contributed by atoms with van der Waals surface area (Å²) in [6, 6.07) is 0. The molecule has 1 atom stereocenters. The molecule has 0 amide bonds. The van der Waals surface area contributed by atoms with E-state index < -0.39 is 7.37 Å². The highest BCUT2D eigenvalue weighted by Gasteiger charge is 2.19. The van der Waals surface area contributed by atoms with E-state index in [2.05, 4.69) is 6.92 Å². The Hall–Kier alpha value is 0.110. The van der Waals surface area contributed by atoms with Gasteiger partial charge in [-0.15, -0.1) is 0 Å². The summed E-state index contributed by atoms with van der Waals surface area (Å²) < 4.78 is 28.5. The lowest BCUT2D eigenvalue weighted by molar-refractivity contribution is -0.136. The van der Waals surface area contributed by atoms with Gasteiger partial charge in [-0.2, -0.15) is 0 Å². The third kappa shape index (κ3) is 10.1. The SMILES string of the molecule is CCCCCOP(C)(=O)CCC(OCC)OCC. The Morgan fingerprint density at radius 1 is 1.06 bits per heavy atom. The Morgan fingerprint density at radius 2 is 1.67 bits per heavy atom. The van der Waals surface area contributed by atoms with Crippen LogP contribution in [0.2, 0.25) is 0 Å². The summed E-state index contributed by atoms with van der Waals surface area (Å²) in [6.45, 7) is 9.51. The van der Waals surface area contributed by atoms with Crippen LogP contribution in [-0.4, -0.2) is 38.9 Å². The molecule has 0 saturated carbocycles. The van der Waals surface area contributed by atoms with E-state index >= 15 is 0 Å². The van der Waals surface area contributed by atoms with E-state index in [-0.39, 0.29) is 6.29 Å². The molecule has 0 saturated heterocycles. The molecule has 0 bridgehead atoms. The van der Waals surface area contributed by atoms with E-state index in [4.69, 9.17) is 14.0 Å². The quantitative estimate of drug-likeness (QED) is 0.309. The smallest absolute Gasteiger partial charge is 0.200 e. The predicted octanol–water partition coefficient (Wildman–Crippen LogP) is 3.89. The van der Waals surface area contributed by atoms with Gasteiger partial charge in [0, 0.05) is 32.5 Å². The number of unbranched alkanes of at least 4 members (excludes halogenated alkanes) is 2. The van der Waals surface area contributed by atoms with E-state index in [9.17, 15) is 4.57 Å². The molecule has 0 rings (SSSR count). The van der Waals surface area contributed by atoms with Crippen molar-refractivity contribution in [2.75, 3.05) is 32.6 Å². The third-order valence-corrected chi connectivity index (χ3v) is 4.39. The van der Waals surface area contributed by atoms with Crippen LogP contribution in [-0.2, 0) is 18.6 Å². The zero-order valence-electron chi connectivity index (χ0n) is 12.3. The lowest BCUT2D eigenvalue weighted by atomic mass is 10.3. The maximum absolute atomic E-state index is 12.2. The second-order valence-electron chi connectivity index (χ2n) is 4.41. The van der Waals surface area contributed by atoms with Crippen LogP contribution in [0.1, 0.15) is 46.5 Å². The van der Waals surface area contributed by atoms with Crippen LogP contribution in [0.5, 0.6) is 0 Å². The molecular weight excluding hydrogens is 251 g/mol. The maximum atomic E-state index is 12.2. The Labute approximate surface area is 112 Å². The van der Waals surface area contributed by atoms with Gasteiger partial charge in [-0.25, -0.2) is 0 Å². The summed E-state index contributed by atoms with van der Waals surface area (Å²) in [6.07, 6.45) is 4.14. The molecule has 0 aliphatic carbocycles. The predicted molar refractivity (Wildman–Crippen MR) is 75.5 cm³/mol. The molecule has 0 aliphatic rings. The molecule has 0 heterocycles. The van der Waals surface area contributed by atoms with Crippen molar-refractivity contribution in [3.05, 3.63) is 0 Å². The maximum Gasteiger partial charge on any atom is 0.200 e. The van der Waals surface area contributed by atoms with Crippen LogP contribution in [0.25, 0.3) is 0 Å². The zero-order valence-corrected chi connectivity index (χ0v) is 13.2. The topological polar surface area (TPSA) is 44.8 Å². The molecule has 18 heavy (non-hydrogen) atoms. The molecule has 110 valence electrons. The van der Waals surface area contributed by atoms with Gasteiger partial charge in [0.05, 0.1) is 6.61 Å². The van der Waals surface area contributed by atoms with Crippen LogP contribution >= 0.6 is 7.37 Å². The molecule has 0 aliphatic heterocycles. The summed E-state index contributed by atoms with van der Waals surface area (Å²) in [7, 11) is -2.49. The highest BCUT2D eigenvalue weighted by molar-refractivity contribution is 7.58. The van der Waals surface area contributed by atoms with Crippen LogP contribution in [0.4, 0.5) is 0 Å². The Balaban J connectivity index is 3.87. The van der Waals surface area contributed by atoms with Crippen molar-refractivity contribution >= 4 is 7.37 Å². The van der Waals surface area contributed by atoms with Gasteiger partial charge in [-0.1, -0.05) is 19.8 Å². The largest absolute Gasteiger partial charge is 0.353 e. The summed E-state index contributed by atoms with van der Waals surface area (Å²) in [4.78, 5) is 0. The molecule has 5 heteroatoms. The number of hydrogen-bond acceptors (Lipinski definition) is 4. The Kier molecular flexibility index (Phi) is 11.0. The van der Waals surface area contributed by atoms with Crippen LogP contribution in [0, 0.1) is 0 Å². The van der Waals surface area contributed by atoms with E-state index in [0.29, 0.717) is 32.4 Å². The molecule has 0 aromatic heterocycles. The molecule has 4 nitrogen and oxygen atoms in total. The number of ether oxygens (including phenoxy) is 2. The van der Waals surface area contributed by atoms with Gasteiger partial charge >= 0.3 is 0 Å². The monoisotopic (exact) mass is 280 g/mol. The second-order valence-corrected chi connectivity index (χ2v) is 7.14. The van der Waals surface area contributed by atoms with Gasteiger partial charge in [0.25, 0.3) is 0 Å². The van der Waals surface area contributed by atoms with Gasteiger partial charge in [-0.3, -0.25) is 4.57 Å². The van der Waals surface area contributed by atoms with E-state index in [1.165, 1.54) is 0 Å². The minimum Gasteiger partial charge on any atom is -0.353 e. The van der Waals surface area contributed by atoms with Crippen LogP contribution in [0.3, 0.4) is 0 Å². The lowest BCUT2D eigenvalue weighted by Crippen LogP contribution is -2.19. The first-order chi connectivity index (χ1) is 8.55. The summed E-state index contributed by atoms with van der Waals surface area (Å²) >= 11 is 0. The summed E-state index contributed by atoms with van der Waals surface area (Å²) in [5, 5.41) is 0.